The zero-order valence-electron chi connectivity index (χ0n) is 10.6. The van der Waals surface area contributed by atoms with Crippen LogP contribution in [0.3, 0.4) is 0 Å². The monoisotopic (exact) mass is 330 g/mol. The zero-order valence-corrected chi connectivity index (χ0v) is 12.9. The minimum atomic E-state index is -0.591. The third-order valence-corrected chi connectivity index (χ3v) is 4.09. The Hall–Kier alpha value is -1.14. The van der Waals surface area contributed by atoms with Crippen molar-refractivity contribution in [3.8, 4) is 10.6 Å². The first-order chi connectivity index (χ1) is 9.47. The van der Waals surface area contributed by atoms with Gasteiger partial charge in [0.15, 0.2) is 0 Å². The van der Waals surface area contributed by atoms with Crippen LogP contribution < -0.4 is 5.32 Å². The summed E-state index contributed by atoms with van der Waals surface area (Å²) in [5.41, 5.74) is 1.12. The van der Waals surface area contributed by atoms with Gasteiger partial charge in [0.2, 0.25) is 0 Å². The highest BCUT2D eigenvalue weighted by Gasteiger charge is 2.12. The molecule has 0 saturated carbocycles. The Morgan fingerprint density at radius 3 is 2.85 bits per heavy atom. The molecule has 1 unspecified atom stereocenters. The van der Waals surface area contributed by atoms with E-state index in [0.717, 1.165) is 5.56 Å². The van der Waals surface area contributed by atoms with E-state index >= 15 is 0 Å². The summed E-state index contributed by atoms with van der Waals surface area (Å²) in [6.45, 7) is 1.79. The molecule has 0 spiro atoms. The third-order valence-electron chi connectivity index (χ3n) is 2.46. The summed E-state index contributed by atoms with van der Waals surface area (Å²) < 4.78 is 0. The highest BCUT2D eigenvalue weighted by molar-refractivity contribution is 7.13. The number of amides is 1. The normalized spacial score (nSPS) is 12.2. The molecule has 0 aliphatic rings. The van der Waals surface area contributed by atoms with Crippen LogP contribution in [-0.2, 0) is 0 Å². The van der Waals surface area contributed by atoms with Crippen LogP contribution in [0, 0.1) is 0 Å². The summed E-state index contributed by atoms with van der Waals surface area (Å²) >= 11 is 13.2. The summed E-state index contributed by atoms with van der Waals surface area (Å²) in [4.78, 5) is 16.0. The summed E-state index contributed by atoms with van der Waals surface area (Å²) in [7, 11) is 0. The number of nitrogens with zero attached hydrogens (tertiary/aromatic N) is 1. The van der Waals surface area contributed by atoms with E-state index in [4.69, 9.17) is 28.3 Å². The van der Waals surface area contributed by atoms with E-state index in [2.05, 4.69) is 10.3 Å². The molecule has 1 aromatic carbocycles. The molecule has 0 fully saturated rings. The van der Waals surface area contributed by atoms with Crippen molar-refractivity contribution in [3.63, 3.8) is 0 Å². The van der Waals surface area contributed by atoms with Crippen molar-refractivity contribution >= 4 is 40.4 Å². The number of rotatable bonds is 4. The molecule has 7 heteroatoms. The first kappa shape index (κ1) is 15.3. The lowest BCUT2D eigenvalue weighted by Gasteiger charge is -2.04. The topological polar surface area (TPSA) is 62.2 Å². The molecule has 2 aromatic rings. The van der Waals surface area contributed by atoms with Gasteiger partial charge >= 0.3 is 0 Å². The molecule has 0 aliphatic heterocycles. The second-order valence-electron chi connectivity index (χ2n) is 4.23. The van der Waals surface area contributed by atoms with E-state index in [0.29, 0.717) is 20.7 Å². The number of carbonyl (C=O) groups excluding carboxylic acids is 1. The molecular weight excluding hydrogens is 319 g/mol. The first-order valence-corrected chi connectivity index (χ1v) is 7.48. The number of aliphatic hydroxyl groups excluding tert-OH is 1. The number of carbonyl (C=O) groups is 1. The molecule has 4 nitrogen and oxygen atoms in total. The van der Waals surface area contributed by atoms with E-state index in [9.17, 15) is 4.79 Å². The lowest BCUT2D eigenvalue weighted by Crippen LogP contribution is -2.30. The van der Waals surface area contributed by atoms with E-state index < -0.39 is 6.10 Å². The van der Waals surface area contributed by atoms with Crippen LogP contribution in [0.25, 0.3) is 10.6 Å². The molecule has 2 N–H and O–H groups in total. The Labute approximate surface area is 130 Å². The van der Waals surface area contributed by atoms with Crippen molar-refractivity contribution in [3.05, 3.63) is 39.3 Å². The first-order valence-electron chi connectivity index (χ1n) is 5.84. The van der Waals surface area contributed by atoms with Gasteiger partial charge in [0.25, 0.3) is 5.91 Å². The van der Waals surface area contributed by atoms with E-state index in [1.807, 2.05) is 0 Å². The van der Waals surface area contributed by atoms with Crippen molar-refractivity contribution < 1.29 is 9.90 Å². The Bertz CT molecular complexity index is 629. The maximum absolute atomic E-state index is 11.8. The largest absolute Gasteiger partial charge is 0.392 e. The second-order valence-corrected chi connectivity index (χ2v) is 5.90. The van der Waals surface area contributed by atoms with E-state index in [1.165, 1.54) is 11.3 Å². The Morgan fingerprint density at radius 2 is 2.20 bits per heavy atom. The van der Waals surface area contributed by atoms with E-state index in [1.54, 1.807) is 30.5 Å². The number of nitrogens with one attached hydrogen (secondary N) is 1. The van der Waals surface area contributed by atoms with Crippen LogP contribution in [0.4, 0.5) is 0 Å². The van der Waals surface area contributed by atoms with Crippen LogP contribution in [0.2, 0.25) is 10.0 Å². The predicted molar refractivity (Wildman–Crippen MR) is 81.6 cm³/mol. The van der Waals surface area contributed by atoms with Crippen LogP contribution in [0.5, 0.6) is 0 Å². The predicted octanol–water partition coefficient (Wildman–Crippen LogP) is 3.23. The maximum atomic E-state index is 11.8. The molecule has 2 rings (SSSR count). The number of halogens is 2. The van der Waals surface area contributed by atoms with Crippen LogP contribution in [-0.4, -0.2) is 28.6 Å². The SMILES string of the molecule is CC(O)CNC(=O)c1csc(-c2ccc(Cl)c(Cl)c2)n1. The fraction of sp³-hybridized carbons (Fsp3) is 0.231. The highest BCUT2D eigenvalue weighted by atomic mass is 35.5. The molecular formula is C13H12Cl2N2O2S. The average Bonchev–Trinajstić information content (AvgIpc) is 2.89. The van der Waals surface area contributed by atoms with Gasteiger partial charge in [0.1, 0.15) is 10.7 Å². The number of aromatic nitrogens is 1. The fourth-order valence-electron chi connectivity index (χ4n) is 1.47. The second kappa shape index (κ2) is 6.54. The average molecular weight is 331 g/mol. The molecule has 106 valence electrons. The molecule has 0 radical (unpaired) electrons. The quantitative estimate of drug-likeness (QED) is 0.904. The third kappa shape index (κ3) is 3.70. The van der Waals surface area contributed by atoms with Crippen LogP contribution in [0.15, 0.2) is 23.6 Å². The van der Waals surface area contributed by atoms with Crippen molar-refractivity contribution in [1.29, 1.82) is 0 Å². The number of aliphatic hydroxyl groups is 1. The van der Waals surface area contributed by atoms with Crippen LogP contribution in [0.1, 0.15) is 17.4 Å². The molecule has 1 amide bonds. The molecule has 1 atom stereocenters. The van der Waals surface area contributed by atoms with Gasteiger partial charge in [-0.05, 0) is 19.1 Å². The molecule has 0 aliphatic carbocycles. The standard InChI is InChI=1S/C13H12Cl2N2O2S/c1-7(18)5-16-12(19)11-6-20-13(17-11)8-2-3-9(14)10(15)4-8/h2-4,6-7,18H,5H2,1H3,(H,16,19). The molecule has 0 bridgehead atoms. The van der Waals surface area contributed by atoms with Gasteiger partial charge in [-0.1, -0.05) is 29.3 Å². The lowest BCUT2D eigenvalue weighted by molar-refractivity contribution is 0.0920. The molecule has 1 aromatic heterocycles. The minimum Gasteiger partial charge on any atom is -0.392 e. The van der Waals surface area contributed by atoms with Crippen molar-refractivity contribution in [1.82, 2.24) is 10.3 Å². The summed E-state index contributed by atoms with van der Waals surface area (Å²) in [5, 5.41) is 15.0. The van der Waals surface area contributed by atoms with Crippen molar-refractivity contribution in [2.75, 3.05) is 6.54 Å². The van der Waals surface area contributed by atoms with Gasteiger partial charge in [-0.2, -0.15) is 0 Å². The minimum absolute atomic E-state index is 0.193. The van der Waals surface area contributed by atoms with Crippen molar-refractivity contribution in [2.45, 2.75) is 13.0 Å². The summed E-state index contributed by atoms with van der Waals surface area (Å²) in [6.07, 6.45) is -0.591. The summed E-state index contributed by atoms with van der Waals surface area (Å²) in [6, 6.07) is 5.19. The summed E-state index contributed by atoms with van der Waals surface area (Å²) in [5.74, 6) is -0.312. The Morgan fingerprint density at radius 1 is 1.45 bits per heavy atom. The van der Waals surface area contributed by atoms with Crippen molar-refractivity contribution in [2.24, 2.45) is 0 Å². The number of hydrogen-bond acceptors (Lipinski definition) is 4. The molecule has 1 heterocycles. The van der Waals surface area contributed by atoms with Gasteiger partial charge < -0.3 is 10.4 Å². The Kier molecular flexibility index (Phi) is 4.99. The maximum Gasteiger partial charge on any atom is 0.270 e. The Balaban J connectivity index is 2.16. The number of thiazole rings is 1. The van der Waals surface area contributed by atoms with Gasteiger partial charge in [-0.15, -0.1) is 11.3 Å². The zero-order chi connectivity index (χ0) is 14.7. The van der Waals surface area contributed by atoms with Gasteiger partial charge in [-0.25, -0.2) is 4.98 Å². The van der Waals surface area contributed by atoms with Gasteiger partial charge in [0.05, 0.1) is 16.1 Å². The lowest BCUT2D eigenvalue weighted by atomic mass is 10.2. The van der Waals surface area contributed by atoms with E-state index in [-0.39, 0.29) is 12.5 Å². The van der Waals surface area contributed by atoms with Gasteiger partial charge in [0, 0.05) is 17.5 Å². The van der Waals surface area contributed by atoms with Gasteiger partial charge in [-0.3, -0.25) is 4.79 Å². The molecule has 0 saturated heterocycles. The highest BCUT2D eigenvalue weighted by Crippen LogP contribution is 2.30. The number of hydrogen-bond donors (Lipinski definition) is 2. The number of benzene rings is 1. The molecule has 20 heavy (non-hydrogen) atoms. The smallest absolute Gasteiger partial charge is 0.270 e. The fourth-order valence-corrected chi connectivity index (χ4v) is 2.57. The van der Waals surface area contributed by atoms with Crippen LogP contribution >= 0.6 is 34.5 Å².